The van der Waals surface area contributed by atoms with E-state index in [0.717, 1.165) is 25.5 Å². The Morgan fingerprint density at radius 3 is 2.33 bits per heavy atom. The predicted molar refractivity (Wildman–Crippen MR) is 87.2 cm³/mol. The number of ether oxygens (including phenoxy) is 1. The summed E-state index contributed by atoms with van der Waals surface area (Å²) in [5.41, 5.74) is 7.41. The number of piperidine rings is 1. The number of rotatable bonds is 2. The van der Waals surface area contributed by atoms with Crippen LogP contribution >= 0.6 is 0 Å². The van der Waals surface area contributed by atoms with E-state index in [2.05, 4.69) is 39.5 Å². The van der Waals surface area contributed by atoms with Gasteiger partial charge in [-0.05, 0) is 43.7 Å². The molecule has 2 aliphatic heterocycles. The molecular weight excluding hydrogens is 260 g/mol. The van der Waals surface area contributed by atoms with Crippen LogP contribution in [0.3, 0.4) is 0 Å². The maximum Gasteiger partial charge on any atom is 0.0691 e. The fourth-order valence-electron chi connectivity index (χ4n) is 5.12. The van der Waals surface area contributed by atoms with Crippen LogP contribution < -0.4 is 5.73 Å². The molecule has 21 heavy (non-hydrogen) atoms. The van der Waals surface area contributed by atoms with Crippen molar-refractivity contribution in [2.75, 3.05) is 26.2 Å². The molecule has 3 nitrogen and oxygen atoms in total. The van der Waals surface area contributed by atoms with Crippen molar-refractivity contribution >= 4 is 0 Å². The zero-order valence-electron chi connectivity index (χ0n) is 14.6. The van der Waals surface area contributed by atoms with Gasteiger partial charge < -0.3 is 15.4 Å². The molecule has 2 heterocycles. The quantitative estimate of drug-likeness (QED) is 0.851. The Morgan fingerprint density at radius 1 is 1.14 bits per heavy atom. The third-order valence-electron chi connectivity index (χ3n) is 6.96. The standard InChI is InChI=1S/C18H34N2O/c1-16(2,3)13-6-9-20(10-7-13)12-18(19)14-8-11-21-15(14)17(18,4)5/h13-15H,6-12,19H2,1-5H3. The third kappa shape index (κ3) is 2.36. The van der Waals surface area contributed by atoms with Gasteiger partial charge >= 0.3 is 0 Å². The lowest BCUT2D eigenvalue weighted by molar-refractivity contribution is -0.164. The van der Waals surface area contributed by atoms with Gasteiger partial charge in [-0.3, -0.25) is 0 Å². The van der Waals surface area contributed by atoms with Crippen LogP contribution in [0.15, 0.2) is 0 Å². The Bertz CT molecular complexity index is 393. The molecule has 2 saturated heterocycles. The summed E-state index contributed by atoms with van der Waals surface area (Å²) in [6.07, 6.45) is 4.20. The molecule has 3 rings (SSSR count). The highest BCUT2D eigenvalue weighted by Crippen LogP contribution is 2.58. The van der Waals surface area contributed by atoms with Crippen molar-refractivity contribution in [2.24, 2.45) is 28.4 Å². The molecule has 0 aromatic carbocycles. The Balaban J connectivity index is 1.61. The molecule has 0 bridgehead atoms. The maximum absolute atomic E-state index is 6.90. The molecule has 1 aliphatic carbocycles. The number of nitrogens with zero attached hydrogens (tertiary/aromatic N) is 1. The molecule has 0 spiro atoms. The van der Waals surface area contributed by atoms with Crippen LogP contribution in [0, 0.1) is 22.7 Å². The molecule has 0 radical (unpaired) electrons. The number of fused-ring (bicyclic) bond motifs is 1. The van der Waals surface area contributed by atoms with E-state index in [9.17, 15) is 0 Å². The van der Waals surface area contributed by atoms with Gasteiger partial charge in [0.2, 0.25) is 0 Å². The Kier molecular flexibility index (Phi) is 3.71. The summed E-state index contributed by atoms with van der Waals surface area (Å²) in [4.78, 5) is 2.62. The highest BCUT2D eigenvalue weighted by molar-refractivity contribution is 5.21. The van der Waals surface area contributed by atoms with Gasteiger partial charge in [-0.25, -0.2) is 0 Å². The monoisotopic (exact) mass is 294 g/mol. The minimum Gasteiger partial charge on any atom is -0.377 e. The van der Waals surface area contributed by atoms with Crippen LogP contribution in [0.5, 0.6) is 0 Å². The summed E-state index contributed by atoms with van der Waals surface area (Å²) >= 11 is 0. The minimum absolute atomic E-state index is 0.0528. The lowest BCUT2D eigenvalue weighted by Crippen LogP contribution is -2.78. The van der Waals surface area contributed by atoms with Crippen molar-refractivity contribution in [1.29, 1.82) is 0 Å². The first-order chi connectivity index (χ1) is 9.66. The predicted octanol–water partition coefficient (Wildman–Crippen LogP) is 2.89. The van der Waals surface area contributed by atoms with Crippen molar-refractivity contribution in [3.05, 3.63) is 0 Å². The first-order valence-electron chi connectivity index (χ1n) is 8.79. The zero-order chi connectivity index (χ0) is 15.5. The van der Waals surface area contributed by atoms with Crippen molar-refractivity contribution in [3.8, 4) is 0 Å². The average Bonchev–Trinajstić information content (AvgIpc) is 2.86. The van der Waals surface area contributed by atoms with Gasteiger partial charge in [0.25, 0.3) is 0 Å². The SMILES string of the molecule is CC(C)(C)C1CCN(CC2(N)C3CCOC3C2(C)C)CC1. The lowest BCUT2D eigenvalue weighted by Gasteiger charge is -2.63. The van der Waals surface area contributed by atoms with E-state index in [1.165, 1.54) is 25.9 Å². The van der Waals surface area contributed by atoms with Gasteiger partial charge in [0.05, 0.1) is 6.10 Å². The number of hydrogen-bond donors (Lipinski definition) is 1. The van der Waals surface area contributed by atoms with E-state index in [1.807, 2.05) is 0 Å². The summed E-state index contributed by atoms with van der Waals surface area (Å²) in [7, 11) is 0. The van der Waals surface area contributed by atoms with Crippen molar-refractivity contribution in [3.63, 3.8) is 0 Å². The fraction of sp³-hybridized carbons (Fsp3) is 1.00. The molecule has 3 unspecified atom stereocenters. The highest BCUT2D eigenvalue weighted by atomic mass is 16.5. The topological polar surface area (TPSA) is 38.5 Å². The smallest absolute Gasteiger partial charge is 0.0691 e. The van der Waals surface area contributed by atoms with Gasteiger partial charge in [0.15, 0.2) is 0 Å². The largest absolute Gasteiger partial charge is 0.377 e. The minimum atomic E-state index is -0.0528. The van der Waals surface area contributed by atoms with Gasteiger partial charge in [-0.1, -0.05) is 34.6 Å². The van der Waals surface area contributed by atoms with Crippen LogP contribution in [0.2, 0.25) is 0 Å². The molecule has 3 atom stereocenters. The van der Waals surface area contributed by atoms with E-state index in [4.69, 9.17) is 10.5 Å². The molecule has 122 valence electrons. The summed E-state index contributed by atoms with van der Waals surface area (Å²) in [6, 6.07) is 0. The van der Waals surface area contributed by atoms with Crippen LogP contribution in [-0.4, -0.2) is 42.8 Å². The van der Waals surface area contributed by atoms with Crippen molar-refractivity contribution < 1.29 is 4.74 Å². The van der Waals surface area contributed by atoms with Crippen molar-refractivity contribution in [2.45, 2.75) is 65.5 Å². The summed E-state index contributed by atoms with van der Waals surface area (Å²) in [5.74, 6) is 1.44. The van der Waals surface area contributed by atoms with Crippen LogP contribution in [-0.2, 0) is 4.74 Å². The number of nitrogens with two attached hydrogens (primary N) is 1. The zero-order valence-corrected chi connectivity index (χ0v) is 14.6. The Morgan fingerprint density at radius 2 is 1.76 bits per heavy atom. The first-order valence-corrected chi connectivity index (χ1v) is 8.79. The first kappa shape index (κ1) is 15.8. The summed E-state index contributed by atoms with van der Waals surface area (Å²) in [5, 5.41) is 0. The molecule has 1 saturated carbocycles. The lowest BCUT2D eigenvalue weighted by atomic mass is 9.48. The highest BCUT2D eigenvalue weighted by Gasteiger charge is 2.67. The van der Waals surface area contributed by atoms with Crippen LogP contribution in [0.25, 0.3) is 0 Å². The molecule has 2 N–H and O–H groups in total. The Hall–Kier alpha value is -0.120. The van der Waals surface area contributed by atoms with E-state index in [-0.39, 0.29) is 11.0 Å². The van der Waals surface area contributed by atoms with E-state index in [0.29, 0.717) is 17.4 Å². The Labute approximate surface area is 130 Å². The molecule has 0 aromatic heterocycles. The average molecular weight is 294 g/mol. The van der Waals surface area contributed by atoms with Gasteiger partial charge in [-0.15, -0.1) is 0 Å². The molecule has 3 heteroatoms. The van der Waals surface area contributed by atoms with Crippen LogP contribution in [0.1, 0.15) is 53.9 Å². The maximum atomic E-state index is 6.90. The second-order valence-electron chi connectivity index (χ2n) is 9.37. The molecule has 3 fully saturated rings. The normalized spacial score (nSPS) is 40.9. The second-order valence-corrected chi connectivity index (χ2v) is 9.37. The summed E-state index contributed by atoms with van der Waals surface area (Å²) in [6.45, 7) is 16.2. The molecular formula is C18H34N2O. The molecule has 0 aromatic rings. The summed E-state index contributed by atoms with van der Waals surface area (Å²) < 4.78 is 5.91. The van der Waals surface area contributed by atoms with E-state index >= 15 is 0 Å². The van der Waals surface area contributed by atoms with Crippen molar-refractivity contribution in [1.82, 2.24) is 4.90 Å². The van der Waals surface area contributed by atoms with Gasteiger partial charge in [0.1, 0.15) is 0 Å². The number of hydrogen-bond acceptors (Lipinski definition) is 3. The molecule has 3 aliphatic rings. The fourth-order valence-corrected chi connectivity index (χ4v) is 5.12. The second kappa shape index (κ2) is 4.94. The van der Waals surface area contributed by atoms with E-state index in [1.54, 1.807) is 0 Å². The van der Waals surface area contributed by atoms with E-state index < -0.39 is 0 Å². The van der Waals surface area contributed by atoms with Gasteiger partial charge in [-0.2, -0.15) is 0 Å². The van der Waals surface area contributed by atoms with Crippen LogP contribution in [0.4, 0.5) is 0 Å². The number of likely N-dealkylation sites (tertiary alicyclic amines) is 1. The third-order valence-corrected chi connectivity index (χ3v) is 6.96. The molecule has 0 amide bonds. The van der Waals surface area contributed by atoms with Gasteiger partial charge in [0, 0.05) is 30.0 Å².